The normalized spacial score (nSPS) is 19.0. The first kappa shape index (κ1) is 13.3. The number of aromatic nitrogens is 1. The first-order valence-electron chi connectivity index (χ1n) is 6.77. The monoisotopic (exact) mass is 287 g/mol. The van der Waals surface area contributed by atoms with E-state index < -0.39 is 0 Å². The minimum absolute atomic E-state index is 0.0879. The summed E-state index contributed by atoms with van der Waals surface area (Å²) in [6, 6.07) is 8.06. The lowest BCUT2D eigenvalue weighted by Crippen LogP contribution is -2.49. The van der Waals surface area contributed by atoms with Gasteiger partial charge in [0.15, 0.2) is 0 Å². The lowest BCUT2D eigenvalue weighted by atomic mass is 10.0. The second-order valence-corrected chi connectivity index (χ2v) is 5.88. The van der Waals surface area contributed by atoms with Gasteiger partial charge in [0.25, 0.3) is 0 Å². The zero-order valence-corrected chi connectivity index (χ0v) is 12.0. The molecule has 104 valence electrons. The highest BCUT2D eigenvalue weighted by Crippen LogP contribution is 2.23. The van der Waals surface area contributed by atoms with Crippen molar-refractivity contribution in [1.82, 2.24) is 15.2 Å². The second-order valence-electron chi connectivity index (χ2n) is 4.85. The lowest BCUT2D eigenvalue weighted by molar-refractivity contribution is -0.133. The summed E-state index contributed by atoms with van der Waals surface area (Å²) >= 11 is 1.64. The van der Waals surface area contributed by atoms with Crippen LogP contribution in [0.25, 0.3) is 0 Å². The molecule has 0 spiro atoms. The van der Waals surface area contributed by atoms with Gasteiger partial charge in [-0.15, -0.1) is 11.3 Å². The van der Waals surface area contributed by atoms with Gasteiger partial charge in [-0.25, -0.2) is 0 Å². The summed E-state index contributed by atoms with van der Waals surface area (Å²) in [5.41, 5.74) is 1.10. The third-order valence-electron chi connectivity index (χ3n) is 3.54. The predicted molar refractivity (Wildman–Crippen MR) is 79.6 cm³/mol. The maximum Gasteiger partial charge on any atom is 0.228 e. The van der Waals surface area contributed by atoms with Crippen LogP contribution in [-0.4, -0.2) is 35.4 Å². The third kappa shape index (κ3) is 2.89. The number of carbonyl (C=O) groups is 1. The maximum atomic E-state index is 12.5. The van der Waals surface area contributed by atoms with E-state index in [1.165, 1.54) is 0 Å². The van der Waals surface area contributed by atoms with Gasteiger partial charge in [0.2, 0.25) is 5.91 Å². The van der Waals surface area contributed by atoms with Crippen LogP contribution in [0.2, 0.25) is 0 Å². The van der Waals surface area contributed by atoms with E-state index in [2.05, 4.69) is 10.3 Å². The Bertz CT molecular complexity index is 556. The molecule has 1 saturated heterocycles. The van der Waals surface area contributed by atoms with Crippen molar-refractivity contribution in [3.63, 3.8) is 0 Å². The van der Waals surface area contributed by atoms with Crippen LogP contribution in [0.15, 0.2) is 42.0 Å². The minimum Gasteiger partial charge on any atom is -0.333 e. The first-order chi connectivity index (χ1) is 9.84. The highest BCUT2D eigenvalue weighted by molar-refractivity contribution is 7.10. The molecule has 2 aromatic rings. The van der Waals surface area contributed by atoms with Crippen LogP contribution < -0.4 is 5.32 Å². The molecule has 3 heterocycles. The number of thiophene rings is 1. The lowest BCUT2D eigenvalue weighted by Gasteiger charge is -2.36. The second kappa shape index (κ2) is 6.15. The van der Waals surface area contributed by atoms with Gasteiger partial charge in [0.1, 0.15) is 0 Å². The van der Waals surface area contributed by atoms with Crippen molar-refractivity contribution in [2.45, 2.75) is 12.5 Å². The molecule has 2 aromatic heterocycles. The van der Waals surface area contributed by atoms with Crippen LogP contribution in [0, 0.1) is 0 Å². The summed E-state index contributed by atoms with van der Waals surface area (Å²) in [4.78, 5) is 19.8. The molecule has 5 heteroatoms. The van der Waals surface area contributed by atoms with Gasteiger partial charge in [-0.1, -0.05) is 12.1 Å². The van der Waals surface area contributed by atoms with E-state index in [4.69, 9.17) is 0 Å². The number of hydrogen-bond donors (Lipinski definition) is 1. The Labute approximate surface area is 122 Å². The fraction of sp³-hybridized carbons (Fsp3) is 0.333. The molecule has 0 saturated carbocycles. The largest absolute Gasteiger partial charge is 0.333 e. The summed E-state index contributed by atoms with van der Waals surface area (Å²) in [6.07, 6.45) is 4.11. The van der Waals surface area contributed by atoms with Crippen molar-refractivity contribution in [2.75, 3.05) is 19.6 Å². The average molecular weight is 287 g/mol. The molecule has 3 rings (SSSR count). The van der Waals surface area contributed by atoms with E-state index in [9.17, 15) is 4.79 Å². The Morgan fingerprint density at radius 3 is 3.15 bits per heavy atom. The minimum atomic E-state index is 0.0879. The molecular formula is C15H17N3OS. The molecule has 1 N–H and O–H groups in total. The van der Waals surface area contributed by atoms with E-state index in [-0.39, 0.29) is 11.9 Å². The Kier molecular flexibility index (Phi) is 4.08. The van der Waals surface area contributed by atoms with Crippen molar-refractivity contribution in [3.05, 3.63) is 52.5 Å². The van der Waals surface area contributed by atoms with Gasteiger partial charge < -0.3 is 10.2 Å². The fourth-order valence-corrected chi connectivity index (χ4v) is 3.23. The molecule has 1 amide bonds. The molecule has 1 aliphatic rings. The Hall–Kier alpha value is -1.72. The SMILES string of the molecule is O=C(Cc1cccs1)N1CCNCC1c1cccnc1. The summed E-state index contributed by atoms with van der Waals surface area (Å²) in [5.74, 6) is 0.197. The van der Waals surface area contributed by atoms with Gasteiger partial charge in [-0.05, 0) is 23.1 Å². The van der Waals surface area contributed by atoms with E-state index >= 15 is 0 Å². The third-order valence-corrected chi connectivity index (χ3v) is 4.41. The van der Waals surface area contributed by atoms with Gasteiger partial charge in [0, 0.05) is 36.9 Å². The molecule has 1 aliphatic heterocycles. The molecule has 1 fully saturated rings. The molecule has 0 bridgehead atoms. The van der Waals surface area contributed by atoms with Gasteiger partial charge in [-0.2, -0.15) is 0 Å². The Morgan fingerprint density at radius 1 is 1.45 bits per heavy atom. The number of rotatable bonds is 3. The van der Waals surface area contributed by atoms with Crippen LogP contribution in [0.3, 0.4) is 0 Å². The molecule has 20 heavy (non-hydrogen) atoms. The number of piperazine rings is 1. The van der Waals surface area contributed by atoms with E-state index in [0.29, 0.717) is 6.42 Å². The fourth-order valence-electron chi connectivity index (χ4n) is 2.54. The molecule has 4 nitrogen and oxygen atoms in total. The standard InChI is InChI=1S/C15H17N3OS/c19-15(9-13-4-2-8-20-13)18-7-6-17-11-14(18)12-3-1-5-16-10-12/h1-5,8,10,14,17H,6-7,9,11H2. The summed E-state index contributed by atoms with van der Waals surface area (Å²) in [6.45, 7) is 2.40. The number of nitrogens with zero attached hydrogens (tertiary/aromatic N) is 2. The quantitative estimate of drug-likeness (QED) is 0.937. The van der Waals surface area contributed by atoms with E-state index in [1.807, 2.05) is 40.7 Å². The topological polar surface area (TPSA) is 45.2 Å². The number of amides is 1. The molecule has 1 atom stereocenters. The number of nitrogens with one attached hydrogen (secondary N) is 1. The van der Waals surface area contributed by atoms with Gasteiger partial charge >= 0.3 is 0 Å². The molecule has 0 aliphatic carbocycles. The average Bonchev–Trinajstić information content (AvgIpc) is 3.01. The molecule has 0 radical (unpaired) electrons. The van der Waals surface area contributed by atoms with Crippen molar-refractivity contribution in [1.29, 1.82) is 0 Å². The van der Waals surface area contributed by atoms with Crippen molar-refractivity contribution in [2.24, 2.45) is 0 Å². The van der Waals surface area contributed by atoms with Crippen LogP contribution in [0.5, 0.6) is 0 Å². The highest BCUT2D eigenvalue weighted by Gasteiger charge is 2.27. The predicted octanol–water partition coefficient (Wildman–Crippen LogP) is 1.86. The smallest absolute Gasteiger partial charge is 0.228 e. The van der Waals surface area contributed by atoms with E-state index in [0.717, 1.165) is 30.1 Å². The number of pyridine rings is 1. The zero-order valence-electron chi connectivity index (χ0n) is 11.2. The highest BCUT2D eigenvalue weighted by atomic mass is 32.1. The first-order valence-corrected chi connectivity index (χ1v) is 7.65. The maximum absolute atomic E-state index is 12.5. The van der Waals surface area contributed by atoms with Crippen molar-refractivity contribution >= 4 is 17.2 Å². The van der Waals surface area contributed by atoms with Crippen LogP contribution >= 0.6 is 11.3 Å². The molecular weight excluding hydrogens is 270 g/mol. The summed E-state index contributed by atoms with van der Waals surface area (Å²) in [5, 5.41) is 5.37. The van der Waals surface area contributed by atoms with Crippen molar-refractivity contribution < 1.29 is 4.79 Å². The van der Waals surface area contributed by atoms with Crippen LogP contribution in [0.1, 0.15) is 16.5 Å². The molecule has 0 aromatic carbocycles. The number of hydrogen-bond acceptors (Lipinski definition) is 4. The number of carbonyl (C=O) groups excluding carboxylic acids is 1. The summed E-state index contributed by atoms with van der Waals surface area (Å²) in [7, 11) is 0. The zero-order chi connectivity index (χ0) is 13.8. The van der Waals surface area contributed by atoms with Crippen LogP contribution in [-0.2, 0) is 11.2 Å². The van der Waals surface area contributed by atoms with Crippen molar-refractivity contribution in [3.8, 4) is 0 Å². The van der Waals surface area contributed by atoms with E-state index in [1.54, 1.807) is 17.5 Å². The van der Waals surface area contributed by atoms with Gasteiger partial charge in [0.05, 0.1) is 12.5 Å². The Balaban J connectivity index is 1.77. The molecule has 1 unspecified atom stereocenters. The van der Waals surface area contributed by atoms with Crippen LogP contribution in [0.4, 0.5) is 0 Å². The van der Waals surface area contributed by atoms with Gasteiger partial charge in [-0.3, -0.25) is 9.78 Å². The summed E-state index contributed by atoms with van der Waals surface area (Å²) < 4.78 is 0. The Morgan fingerprint density at radius 2 is 2.40 bits per heavy atom.